The molecule has 0 radical (unpaired) electrons. The summed E-state index contributed by atoms with van der Waals surface area (Å²) in [7, 11) is 1.32. The van der Waals surface area contributed by atoms with Gasteiger partial charge in [0.1, 0.15) is 0 Å². The van der Waals surface area contributed by atoms with Crippen LogP contribution in [0.3, 0.4) is 0 Å². The van der Waals surface area contributed by atoms with E-state index in [0.29, 0.717) is 6.42 Å². The fourth-order valence-electron chi connectivity index (χ4n) is 2.65. The number of carbonyl (C=O) groups excluding carboxylic acids is 1. The Morgan fingerprint density at radius 1 is 1.16 bits per heavy atom. The van der Waals surface area contributed by atoms with Gasteiger partial charge < -0.3 is 15.2 Å². The van der Waals surface area contributed by atoms with Crippen molar-refractivity contribution >= 4 is 11.9 Å². The van der Waals surface area contributed by atoms with Gasteiger partial charge in [0.15, 0.2) is 17.6 Å². The number of benzene rings is 2. The molecule has 0 fully saturated rings. The molecule has 0 saturated carbocycles. The number of methoxy groups -OCH3 is 1. The summed E-state index contributed by atoms with van der Waals surface area (Å²) >= 11 is 0. The van der Waals surface area contributed by atoms with Crippen molar-refractivity contribution < 1.29 is 23.8 Å². The highest BCUT2D eigenvalue weighted by Crippen LogP contribution is 2.24. The number of nitrogens with one attached hydrogen (secondary N) is 1. The Labute approximate surface area is 145 Å². The van der Waals surface area contributed by atoms with Crippen LogP contribution in [0.2, 0.25) is 0 Å². The van der Waals surface area contributed by atoms with Gasteiger partial charge in [-0.25, -0.2) is 9.18 Å². The number of carboxylic acids is 1. The van der Waals surface area contributed by atoms with Crippen LogP contribution >= 0.6 is 0 Å². The monoisotopic (exact) mass is 345 g/mol. The predicted molar refractivity (Wildman–Crippen MR) is 90.9 cm³/mol. The lowest BCUT2D eigenvalue weighted by Gasteiger charge is -2.20. The molecule has 6 heteroatoms. The van der Waals surface area contributed by atoms with Gasteiger partial charge in [-0.3, -0.25) is 4.79 Å². The highest BCUT2D eigenvalue weighted by atomic mass is 19.1. The number of rotatable bonds is 7. The van der Waals surface area contributed by atoms with Crippen LogP contribution in [-0.4, -0.2) is 24.1 Å². The van der Waals surface area contributed by atoms with E-state index in [-0.39, 0.29) is 11.3 Å². The van der Waals surface area contributed by atoms with Gasteiger partial charge in [-0.15, -0.1) is 0 Å². The van der Waals surface area contributed by atoms with E-state index in [2.05, 4.69) is 5.32 Å². The van der Waals surface area contributed by atoms with Crippen molar-refractivity contribution in [3.8, 4) is 5.75 Å². The van der Waals surface area contributed by atoms with E-state index in [1.165, 1.54) is 19.2 Å². The normalized spacial score (nSPS) is 12.9. The first-order valence-corrected chi connectivity index (χ1v) is 7.89. The largest absolute Gasteiger partial charge is 0.494 e. The summed E-state index contributed by atoms with van der Waals surface area (Å²) in [5, 5.41) is 12.0. The Hall–Kier alpha value is -2.89. The third-order valence-corrected chi connectivity index (χ3v) is 3.97. The standard InChI is InChI=1S/C19H20FNO4/c1-3-14(12-7-5-4-6-8-12)18(22)21-17(19(23)24)13-9-10-16(25-2)15(20)11-13/h4-11,14,17H,3H2,1-2H3,(H,21,22)(H,23,24). The second kappa shape index (κ2) is 8.28. The van der Waals surface area contributed by atoms with E-state index in [1.54, 1.807) is 0 Å². The van der Waals surface area contributed by atoms with Crippen LogP contribution in [-0.2, 0) is 9.59 Å². The van der Waals surface area contributed by atoms with E-state index in [9.17, 15) is 19.1 Å². The highest BCUT2D eigenvalue weighted by Gasteiger charge is 2.27. The van der Waals surface area contributed by atoms with Crippen LogP contribution in [0.4, 0.5) is 4.39 Å². The third-order valence-electron chi connectivity index (χ3n) is 3.97. The minimum absolute atomic E-state index is 0.00920. The molecule has 0 spiro atoms. The predicted octanol–water partition coefficient (Wildman–Crippen LogP) is 3.27. The Bertz CT molecular complexity index is 748. The zero-order valence-electron chi connectivity index (χ0n) is 14.0. The number of carboxylic acid groups (broad SMARTS) is 1. The smallest absolute Gasteiger partial charge is 0.330 e. The van der Waals surface area contributed by atoms with Gasteiger partial charge >= 0.3 is 5.97 Å². The molecule has 2 aromatic rings. The van der Waals surface area contributed by atoms with Crippen LogP contribution in [0.5, 0.6) is 5.75 Å². The maximum absolute atomic E-state index is 13.9. The van der Waals surface area contributed by atoms with Crippen molar-refractivity contribution in [1.29, 1.82) is 0 Å². The lowest BCUT2D eigenvalue weighted by Crippen LogP contribution is -2.36. The molecule has 1 amide bonds. The summed E-state index contributed by atoms with van der Waals surface area (Å²) < 4.78 is 18.7. The second-order valence-corrected chi connectivity index (χ2v) is 5.55. The lowest BCUT2D eigenvalue weighted by molar-refractivity contribution is -0.142. The fourth-order valence-corrected chi connectivity index (χ4v) is 2.65. The van der Waals surface area contributed by atoms with Crippen molar-refractivity contribution in [2.75, 3.05) is 7.11 Å². The quantitative estimate of drug-likeness (QED) is 0.807. The summed E-state index contributed by atoms with van der Waals surface area (Å²) in [5.41, 5.74) is 0.939. The fraction of sp³-hybridized carbons (Fsp3) is 0.263. The first-order chi connectivity index (χ1) is 12.0. The van der Waals surface area contributed by atoms with Crippen LogP contribution in [0, 0.1) is 5.82 Å². The molecule has 0 heterocycles. The number of aliphatic carboxylic acids is 1. The summed E-state index contributed by atoms with van der Waals surface area (Å²) in [4.78, 5) is 24.2. The van der Waals surface area contributed by atoms with E-state index in [1.807, 2.05) is 37.3 Å². The Morgan fingerprint density at radius 2 is 1.84 bits per heavy atom. The molecular formula is C19H20FNO4. The number of ether oxygens (including phenoxy) is 1. The molecule has 2 aromatic carbocycles. The van der Waals surface area contributed by atoms with Crippen LogP contribution in [0.25, 0.3) is 0 Å². The first kappa shape index (κ1) is 18.4. The van der Waals surface area contributed by atoms with E-state index in [0.717, 1.165) is 11.6 Å². The van der Waals surface area contributed by atoms with Crippen LogP contribution in [0.15, 0.2) is 48.5 Å². The summed E-state index contributed by atoms with van der Waals surface area (Å²) in [5.74, 6) is -2.84. The molecule has 0 saturated heterocycles. The van der Waals surface area contributed by atoms with Gasteiger partial charge in [0.2, 0.25) is 5.91 Å². The third kappa shape index (κ3) is 4.35. The molecular weight excluding hydrogens is 325 g/mol. The van der Waals surface area contributed by atoms with E-state index >= 15 is 0 Å². The lowest BCUT2D eigenvalue weighted by atomic mass is 9.95. The molecule has 2 atom stereocenters. The summed E-state index contributed by atoms with van der Waals surface area (Å²) in [6, 6.07) is 11.6. The summed E-state index contributed by atoms with van der Waals surface area (Å²) in [6.45, 7) is 1.85. The van der Waals surface area contributed by atoms with Gasteiger partial charge in [-0.05, 0) is 29.7 Å². The number of hydrogen-bond donors (Lipinski definition) is 2. The van der Waals surface area contributed by atoms with Gasteiger partial charge in [0.05, 0.1) is 13.0 Å². The molecule has 2 rings (SSSR count). The minimum Gasteiger partial charge on any atom is -0.494 e. The van der Waals surface area contributed by atoms with Gasteiger partial charge in [-0.1, -0.05) is 43.3 Å². The van der Waals surface area contributed by atoms with Gasteiger partial charge in [0.25, 0.3) is 0 Å². The number of halogens is 1. The Kier molecular flexibility index (Phi) is 6.11. The molecule has 0 aromatic heterocycles. The molecule has 25 heavy (non-hydrogen) atoms. The van der Waals surface area contributed by atoms with Gasteiger partial charge in [-0.2, -0.15) is 0 Å². The number of carbonyl (C=O) groups is 2. The summed E-state index contributed by atoms with van der Waals surface area (Å²) in [6.07, 6.45) is 0.513. The Balaban J connectivity index is 2.25. The van der Waals surface area contributed by atoms with Crippen molar-refractivity contribution in [2.45, 2.75) is 25.3 Å². The maximum atomic E-state index is 13.9. The molecule has 5 nitrogen and oxygen atoms in total. The van der Waals surface area contributed by atoms with Crippen molar-refractivity contribution in [3.05, 3.63) is 65.5 Å². The molecule has 2 unspecified atom stereocenters. The maximum Gasteiger partial charge on any atom is 0.330 e. The molecule has 0 aliphatic heterocycles. The topological polar surface area (TPSA) is 75.6 Å². The molecule has 2 N–H and O–H groups in total. The van der Waals surface area contributed by atoms with Crippen molar-refractivity contribution in [2.24, 2.45) is 0 Å². The molecule has 0 aliphatic carbocycles. The molecule has 0 bridgehead atoms. The van der Waals surface area contributed by atoms with Crippen molar-refractivity contribution in [1.82, 2.24) is 5.32 Å². The number of amides is 1. The first-order valence-electron chi connectivity index (χ1n) is 7.89. The van der Waals surface area contributed by atoms with Gasteiger partial charge in [0, 0.05) is 0 Å². The molecule has 132 valence electrons. The Morgan fingerprint density at radius 3 is 2.36 bits per heavy atom. The number of hydrogen-bond acceptors (Lipinski definition) is 3. The highest BCUT2D eigenvalue weighted by molar-refractivity contribution is 5.88. The zero-order valence-corrected chi connectivity index (χ0v) is 14.0. The SMILES string of the molecule is CCC(C(=O)NC(C(=O)O)c1ccc(OC)c(F)c1)c1ccccc1. The van der Waals surface area contributed by atoms with Crippen LogP contribution < -0.4 is 10.1 Å². The van der Waals surface area contributed by atoms with E-state index in [4.69, 9.17) is 4.74 Å². The average Bonchev–Trinajstić information content (AvgIpc) is 2.61. The van der Waals surface area contributed by atoms with Crippen LogP contribution in [0.1, 0.15) is 36.4 Å². The zero-order chi connectivity index (χ0) is 18.4. The minimum atomic E-state index is -1.34. The van der Waals surface area contributed by atoms with E-state index < -0.39 is 29.7 Å². The van der Waals surface area contributed by atoms with Crippen molar-refractivity contribution in [3.63, 3.8) is 0 Å². The average molecular weight is 345 g/mol. The second-order valence-electron chi connectivity index (χ2n) is 5.55. The molecule has 0 aliphatic rings.